The van der Waals surface area contributed by atoms with E-state index in [1.165, 1.54) is 11.3 Å². The highest BCUT2D eigenvalue weighted by molar-refractivity contribution is 7.08. The highest BCUT2D eigenvalue weighted by Crippen LogP contribution is 2.37. The van der Waals surface area contributed by atoms with Gasteiger partial charge in [0.25, 0.3) is 0 Å². The van der Waals surface area contributed by atoms with Crippen LogP contribution in [0.15, 0.2) is 10.8 Å². The predicted molar refractivity (Wildman–Crippen MR) is 80.2 cm³/mol. The molecule has 0 saturated heterocycles. The average Bonchev–Trinajstić information content (AvgIpc) is 2.93. The molecule has 0 spiro atoms. The Morgan fingerprint density at radius 1 is 1.05 bits per heavy atom. The average molecular weight is 328 g/mol. The molecule has 0 radical (unpaired) electrons. The normalized spacial score (nSPS) is 15.7. The van der Waals surface area contributed by atoms with Gasteiger partial charge in [0, 0.05) is 23.6 Å². The minimum Gasteiger partial charge on any atom is -0.488 e. The smallest absolute Gasteiger partial charge is 0.305 e. The molecule has 6 nitrogen and oxygen atoms in total. The topological polar surface area (TPSA) is 71.1 Å². The summed E-state index contributed by atoms with van der Waals surface area (Å²) >= 11 is 1.49. The number of hydrogen-bond donors (Lipinski definition) is 0. The molecule has 1 aromatic rings. The number of rotatable bonds is 6. The summed E-state index contributed by atoms with van der Waals surface area (Å²) < 4.78 is 22.0. The molecule has 0 bridgehead atoms. The summed E-state index contributed by atoms with van der Waals surface area (Å²) in [7, 11) is 0. The van der Waals surface area contributed by atoms with Gasteiger partial charge in [-0.1, -0.05) is 13.8 Å². The van der Waals surface area contributed by atoms with E-state index >= 15 is 0 Å². The lowest BCUT2D eigenvalue weighted by atomic mass is 9.92. The zero-order valence-corrected chi connectivity index (χ0v) is 13.6. The van der Waals surface area contributed by atoms with Gasteiger partial charge in [0.1, 0.15) is 31.8 Å². The maximum absolute atomic E-state index is 11.4. The van der Waals surface area contributed by atoms with Gasteiger partial charge in [-0.3, -0.25) is 9.59 Å². The van der Waals surface area contributed by atoms with Gasteiger partial charge in [0.2, 0.25) is 0 Å². The molecule has 122 valence electrons. The van der Waals surface area contributed by atoms with Gasteiger partial charge in [-0.2, -0.15) is 0 Å². The van der Waals surface area contributed by atoms with Gasteiger partial charge in [-0.25, -0.2) is 0 Å². The summed E-state index contributed by atoms with van der Waals surface area (Å²) in [5.74, 6) is 0.713. The van der Waals surface area contributed by atoms with Crippen molar-refractivity contribution in [1.29, 1.82) is 0 Å². The van der Waals surface area contributed by atoms with Crippen molar-refractivity contribution in [2.24, 2.45) is 5.41 Å². The zero-order chi connectivity index (χ0) is 16.0. The Morgan fingerprint density at radius 3 is 1.91 bits per heavy atom. The molecule has 0 unspecified atom stereocenters. The molecule has 0 N–H and O–H groups in total. The fourth-order valence-corrected chi connectivity index (χ4v) is 2.55. The first-order valence-electron chi connectivity index (χ1n) is 7.21. The monoisotopic (exact) mass is 328 g/mol. The fraction of sp³-hybridized carbons (Fsp3) is 0.600. The van der Waals surface area contributed by atoms with Crippen molar-refractivity contribution in [2.45, 2.75) is 26.7 Å². The van der Waals surface area contributed by atoms with Gasteiger partial charge < -0.3 is 18.9 Å². The van der Waals surface area contributed by atoms with E-state index in [4.69, 9.17) is 18.9 Å². The first kappa shape index (κ1) is 16.6. The molecule has 2 rings (SSSR count). The second kappa shape index (κ2) is 7.49. The van der Waals surface area contributed by atoms with Crippen LogP contribution in [0.25, 0.3) is 0 Å². The summed E-state index contributed by atoms with van der Waals surface area (Å²) in [6, 6.07) is 0. The molecule has 0 aromatic carbocycles. The Balaban J connectivity index is 2.05. The van der Waals surface area contributed by atoms with Crippen molar-refractivity contribution >= 4 is 23.3 Å². The molecule has 1 aromatic heterocycles. The lowest BCUT2D eigenvalue weighted by Gasteiger charge is -2.29. The van der Waals surface area contributed by atoms with E-state index in [1.54, 1.807) is 13.8 Å². The predicted octanol–water partition coefficient (Wildman–Crippen LogP) is 2.41. The van der Waals surface area contributed by atoms with Crippen molar-refractivity contribution in [3.8, 4) is 11.5 Å². The number of carbonyl (C=O) groups is 2. The van der Waals surface area contributed by atoms with E-state index in [9.17, 15) is 9.59 Å². The van der Waals surface area contributed by atoms with Gasteiger partial charge in [0.15, 0.2) is 11.5 Å². The Hall–Kier alpha value is -1.76. The second-order valence-corrected chi connectivity index (χ2v) is 5.95. The third-order valence-electron chi connectivity index (χ3n) is 3.32. The van der Waals surface area contributed by atoms with E-state index < -0.39 is 5.41 Å². The zero-order valence-electron chi connectivity index (χ0n) is 12.8. The molecule has 0 atom stereocenters. The highest BCUT2D eigenvalue weighted by atomic mass is 32.1. The number of ether oxygens (including phenoxy) is 4. The SMILES string of the molecule is CCC(=O)OCC1(COC(=O)CC)COc2cscc2OC1. The van der Waals surface area contributed by atoms with Crippen LogP contribution in [0, 0.1) is 5.41 Å². The van der Waals surface area contributed by atoms with E-state index in [2.05, 4.69) is 0 Å². The third kappa shape index (κ3) is 4.13. The number of hydrogen-bond acceptors (Lipinski definition) is 7. The molecular formula is C15H20O6S. The molecule has 0 aliphatic carbocycles. The van der Waals surface area contributed by atoms with E-state index in [0.29, 0.717) is 24.3 Å². The second-order valence-electron chi connectivity index (χ2n) is 5.21. The standard InChI is InChI=1S/C15H20O6S/c1-3-13(16)20-9-15(10-21-14(17)4-2)7-18-11-5-22-6-12(11)19-8-15/h5-6H,3-4,7-10H2,1-2H3. The molecule has 1 aliphatic heterocycles. The number of carbonyl (C=O) groups excluding carboxylic acids is 2. The van der Waals surface area contributed by atoms with Crippen molar-refractivity contribution in [3.05, 3.63) is 10.8 Å². The summed E-state index contributed by atoms with van der Waals surface area (Å²) in [5.41, 5.74) is -0.702. The summed E-state index contributed by atoms with van der Waals surface area (Å²) in [4.78, 5) is 22.9. The molecule has 0 amide bonds. The largest absolute Gasteiger partial charge is 0.488 e. The van der Waals surface area contributed by atoms with Crippen LogP contribution in [0.5, 0.6) is 11.5 Å². The number of fused-ring (bicyclic) bond motifs is 1. The van der Waals surface area contributed by atoms with Crippen LogP contribution in [0.2, 0.25) is 0 Å². The Morgan fingerprint density at radius 2 is 1.50 bits per heavy atom. The first-order chi connectivity index (χ1) is 10.6. The molecule has 2 heterocycles. The lowest BCUT2D eigenvalue weighted by molar-refractivity contribution is -0.156. The van der Waals surface area contributed by atoms with E-state index in [1.807, 2.05) is 10.8 Å². The van der Waals surface area contributed by atoms with Crippen LogP contribution in [0.4, 0.5) is 0 Å². The summed E-state index contributed by atoms with van der Waals surface area (Å²) in [5, 5.41) is 3.70. The summed E-state index contributed by atoms with van der Waals surface area (Å²) in [6.07, 6.45) is 0.582. The minimum absolute atomic E-state index is 0.0877. The van der Waals surface area contributed by atoms with Crippen LogP contribution in [0.3, 0.4) is 0 Å². The maximum atomic E-state index is 11.4. The van der Waals surface area contributed by atoms with Crippen molar-refractivity contribution in [3.63, 3.8) is 0 Å². The highest BCUT2D eigenvalue weighted by Gasteiger charge is 2.38. The van der Waals surface area contributed by atoms with Crippen LogP contribution in [0.1, 0.15) is 26.7 Å². The molecule has 0 fully saturated rings. The number of thiophene rings is 1. The molecule has 22 heavy (non-hydrogen) atoms. The Kier molecular flexibility index (Phi) is 5.65. The summed E-state index contributed by atoms with van der Waals surface area (Å²) in [6.45, 7) is 4.14. The minimum atomic E-state index is -0.702. The van der Waals surface area contributed by atoms with Crippen molar-refractivity contribution in [1.82, 2.24) is 0 Å². The van der Waals surface area contributed by atoms with Crippen LogP contribution in [-0.2, 0) is 19.1 Å². The van der Waals surface area contributed by atoms with Crippen molar-refractivity contribution in [2.75, 3.05) is 26.4 Å². The van der Waals surface area contributed by atoms with E-state index in [-0.39, 0.29) is 38.4 Å². The molecular weight excluding hydrogens is 308 g/mol. The maximum Gasteiger partial charge on any atom is 0.305 e. The van der Waals surface area contributed by atoms with Gasteiger partial charge >= 0.3 is 11.9 Å². The quantitative estimate of drug-likeness (QED) is 0.747. The van der Waals surface area contributed by atoms with E-state index in [0.717, 1.165) is 0 Å². The van der Waals surface area contributed by atoms with Gasteiger partial charge in [-0.15, -0.1) is 11.3 Å². The van der Waals surface area contributed by atoms with Gasteiger partial charge in [-0.05, 0) is 0 Å². The van der Waals surface area contributed by atoms with Gasteiger partial charge in [0.05, 0.1) is 0 Å². The lowest BCUT2D eigenvalue weighted by Crippen LogP contribution is -2.43. The molecule has 7 heteroatoms. The first-order valence-corrected chi connectivity index (χ1v) is 8.16. The Labute approximate surface area is 133 Å². The third-order valence-corrected chi connectivity index (χ3v) is 4.02. The van der Waals surface area contributed by atoms with Crippen molar-refractivity contribution < 1.29 is 28.5 Å². The molecule has 1 aliphatic rings. The molecule has 0 saturated carbocycles. The number of esters is 2. The van der Waals surface area contributed by atoms with Crippen LogP contribution < -0.4 is 9.47 Å². The fourth-order valence-electron chi connectivity index (χ4n) is 1.87. The Bertz CT molecular complexity index is 479. The van der Waals surface area contributed by atoms with Crippen LogP contribution >= 0.6 is 11.3 Å². The van der Waals surface area contributed by atoms with Crippen LogP contribution in [-0.4, -0.2) is 38.4 Å².